The van der Waals surface area contributed by atoms with Gasteiger partial charge in [0.1, 0.15) is 0 Å². The van der Waals surface area contributed by atoms with Gasteiger partial charge in [0.2, 0.25) is 4.38 Å². The lowest BCUT2D eigenvalue weighted by molar-refractivity contribution is 0.144. The van der Waals surface area contributed by atoms with E-state index in [0.717, 1.165) is 17.7 Å². The van der Waals surface area contributed by atoms with E-state index < -0.39 is 0 Å². The Balaban J connectivity index is 4.21. The minimum Gasteiger partial charge on any atom is -0.468 e. The molecule has 0 saturated heterocycles. The van der Waals surface area contributed by atoms with Crippen molar-refractivity contribution in [1.29, 1.82) is 0 Å². The number of thiocarbonyl (C=S) groups is 1. The summed E-state index contributed by atoms with van der Waals surface area (Å²) in [6.07, 6.45) is 0.905. The lowest BCUT2D eigenvalue weighted by atomic mass is 10.2. The highest BCUT2D eigenvalue weighted by Crippen LogP contribution is 2.15. The molecule has 0 bridgehead atoms. The Bertz CT molecular complexity index is 200. The van der Waals surface area contributed by atoms with Crippen LogP contribution in [0, 0.1) is 0 Å². The highest BCUT2D eigenvalue weighted by atomic mass is 32.2. The lowest BCUT2D eigenvalue weighted by Gasteiger charge is -2.10. The molecule has 0 N–H and O–H groups in total. The van der Waals surface area contributed by atoms with Crippen molar-refractivity contribution in [3.05, 3.63) is 11.5 Å². The topological polar surface area (TPSA) is 18.5 Å². The van der Waals surface area contributed by atoms with Crippen molar-refractivity contribution in [2.24, 2.45) is 0 Å². The van der Waals surface area contributed by atoms with Gasteiger partial charge in [0.25, 0.3) is 5.95 Å². The number of rotatable bonds is 4. The molecule has 13 heavy (non-hydrogen) atoms. The summed E-state index contributed by atoms with van der Waals surface area (Å²) in [6.45, 7) is 6.05. The molecule has 0 aromatic heterocycles. The largest absolute Gasteiger partial charge is 0.468 e. The Morgan fingerprint density at radius 1 is 1.38 bits per heavy atom. The number of hydrogen-bond donors (Lipinski definition) is 0. The summed E-state index contributed by atoms with van der Waals surface area (Å²) in [5, 5.41) is 0. The van der Waals surface area contributed by atoms with Crippen LogP contribution in [-0.4, -0.2) is 17.2 Å². The smallest absolute Gasteiger partial charge is 0.284 e. The maximum Gasteiger partial charge on any atom is 0.284 e. The molecule has 0 atom stereocenters. The SMILES string of the molecule is CCSC(=S)O/C(OC)=C(\C)CC. The first kappa shape index (κ1) is 12.8. The van der Waals surface area contributed by atoms with Crippen molar-refractivity contribution in [2.75, 3.05) is 12.9 Å². The van der Waals surface area contributed by atoms with E-state index in [1.54, 1.807) is 7.11 Å². The van der Waals surface area contributed by atoms with Gasteiger partial charge < -0.3 is 9.47 Å². The molecule has 0 unspecified atom stereocenters. The second-order valence-electron chi connectivity index (χ2n) is 2.41. The van der Waals surface area contributed by atoms with Gasteiger partial charge >= 0.3 is 0 Å². The van der Waals surface area contributed by atoms with E-state index in [2.05, 4.69) is 0 Å². The van der Waals surface area contributed by atoms with Gasteiger partial charge in [-0.3, -0.25) is 0 Å². The second kappa shape index (κ2) is 7.21. The number of allylic oxidation sites excluding steroid dienone is 1. The third-order valence-electron chi connectivity index (χ3n) is 1.50. The molecule has 0 saturated carbocycles. The maximum atomic E-state index is 5.34. The van der Waals surface area contributed by atoms with Gasteiger partial charge in [-0.1, -0.05) is 25.6 Å². The average Bonchev–Trinajstić information content (AvgIpc) is 2.13. The van der Waals surface area contributed by atoms with Gasteiger partial charge in [0.05, 0.1) is 7.11 Å². The van der Waals surface area contributed by atoms with Crippen molar-refractivity contribution < 1.29 is 9.47 Å². The van der Waals surface area contributed by atoms with Gasteiger partial charge in [-0.05, 0) is 31.3 Å². The summed E-state index contributed by atoms with van der Waals surface area (Å²) in [7, 11) is 1.59. The first-order valence-electron chi connectivity index (χ1n) is 4.24. The monoisotopic (exact) mass is 220 g/mol. The fraction of sp³-hybridized carbons (Fsp3) is 0.667. The molecule has 0 aromatic carbocycles. The van der Waals surface area contributed by atoms with Gasteiger partial charge in [-0.2, -0.15) is 0 Å². The highest BCUT2D eigenvalue weighted by Gasteiger charge is 2.06. The summed E-state index contributed by atoms with van der Waals surface area (Å²) in [5.74, 6) is 1.45. The Morgan fingerprint density at radius 2 is 2.00 bits per heavy atom. The molecule has 0 fully saturated rings. The van der Waals surface area contributed by atoms with Crippen LogP contribution in [0.25, 0.3) is 0 Å². The molecule has 2 nitrogen and oxygen atoms in total. The molecule has 0 aliphatic carbocycles. The molecule has 0 amide bonds. The first-order chi connectivity index (χ1) is 6.15. The molecule has 0 aliphatic heterocycles. The van der Waals surface area contributed by atoms with Crippen LogP contribution in [0.3, 0.4) is 0 Å². The van der Waals surface area contributed by atoms with Crippen LogP contribution in [-0.2, 0) is 9.47 Å². The molecule has 0 radical (unpaired) electrons. The number of hydrogen-bond acceptors (Lipinski definition) is 4. The predicted molar refractivity (Wildman–Crippen MR) is 61.8 cm³/mol. The molecular weight excluding hydrogens is 204 g/mol. The molecule has 0 aliphatic rings. The van der Waals surface area contributed by atoms with E-state index in [1.165, 1.54) is 11.8 Å². The number of methoxy groups -OCH3 is 1. The minimum atomic E-state index is 0.521. The Hall–Kier alpha value is -0.220. The van der Waals surface area contributed by atoms with Crippen LogP contribution in [0.2, 0.25) is 0 Å². The van der Waals surface area contributed by atoms with E-state index in [-0.39, 0.29) is 0 Å². The molecule has 0 aromatic rings. The zero-order valence-corrected chi connectivity index (χ0v) is 10.2. The molecule has 4 heteroatoms. The van der Waals surface area contributed by atoms with Crippen molar-refractivity contribution in [3.63, 3.8) is 0 Å². The Labute approximate surface area is 89.7 Å². The number of thioether (sulfide) groups is 1. The summed E-state index contributed by atoms with van der Waals surface area (Å²) in [6, 6.07) is 0. The van der Waals surface area contributed by atoms with Crippen molar-refractivity contribution in [2.45, 2.75) is 27.2 Å². The lowest BCUT2D eigenvalue weighted by Crippen LogP contribution is -2.02. The van der Waals surface area contributed by atoms with Crippen LogP contribution in [0.4, 0.5) is 0 Å². The first-order valence-corrected chi connectivity index (χ1v) is 5.63. The summed E-state index contributed by atoms with van der Waals surface area (Å²) in [4.78, 5) is 0. The van der Waals surface area contributed by atoms with Gasteiger partial charge in [0, 0.05) is 5.57 Å². The third kappa shape index (κ3) is 5.16. The molecular formula is C9H16O2S2. The van der Waals surface area contributed by atoms with E-state index in [9.17, 15) is 0 Å². The zero-order chi connectivity index (χ0) is 10.3. The highest BCUT2D eigenvalue weighted by molar-refractivity contribution is 8.22. The minimum absolute atomic E-state index is 0.521. The molecule has 0 spiro atoms. The van der Waals surface area contributed by atoms with Crippen molar-refractivity contribution in [3.8, 4) is 0 Å². The molecule has 0 heterocycles. The fourth-order valence-corrected chi connectivity index (χ4v) is 1.47. The fourth-order valence-electron chi connectivity index (χ4n) is 0.670. The maximum absolute atomic E-state index is 5.34. The van der Waals surface area contributed by atoms with Crippen LogP contribution >= 0.6 is 24.0 Å². The van der Waals surface area contributed by atoms with Gasteiger partial charge in [-0.15, -0.1) is 0 Å². The van der Waals surface area contributed by atoms with Crippen LogP contribution < -0.4 is 0 Å². The van der Waals surface area contributed by atoms with Crippen LogP contribution in [0.15, 0.2) is 11.5 Å². The van der Waals surface area contributed by atoms with Crippen LogP contribution in [0.5, 0.6) is 0 Å². The van der Waals surface area contributed by atoms with E-state index in [0.29, 0.717) is 10.3 Å². The van der Waals surface area contributed by atoms with Crippen molar-refractivity contribution >= 4 is 28.4 Å². The van der Waals surface area contributed by atoms with E-state index in [4.69, 9.17) is 21.7 Å². The number of ether oxygens (including phenoxy) is 2. The quantitative estimate of drug-likeness (QED) is 0.534. The van der Waals surface area contributed by atoms with Gasteiger partial charge in [0.15, 0.2) is 0 Å². The van der Waals surface area contributed by atoms with Crippen molar-refractivity contribution in [1.82, 2.24) is 0 Å². The van der Waals surface area contributed by atoms with Crippen LogP contribution in [0.1, 0.15) is 27.2 Å². The Kier molecular flexibility index (Phi) is 7.09. The average molecular weight is 220 g/mol. The molecule has 76 valence electrons. The van der Waals surface area contributed by atoms with E-state index >= 15 is 0 Å². The predicted octanol–water partition coefficient (Wildman–Crippen LogP) is 3.33. The summed E-state index contributed by atoms with van der Waals surface area (Å²) < 4.78 is 10.9. The Morgan fingerprint density at radius 3 is 2.38 bits per heavy atom. The van der Waals surface area contributed by atoms with E-state index in [1.807, 2.05) is 20.8 Å². The zero-order valence-electron chi connectivity index (χ0n) is 8.55. The standard InChI is InChI=1S/C9H16O2S2/c1-5-7(3)8(10-4)11-9(12)13-6-2/h5-6H2,1-4H3/b8-7+. The normalized spacial score (nSPS) is 12.0. The van der Waals surface area contributed by atoms with Gasteiger partial charge in [-0.25, -0.2) is 0 Å². The third-order valence-corrected chi connectivity index (χ3v) is 2.55. The summed E-state index contributed by atoms with van der Waals surface area (Å²) >= 11 is 6.49. The second-order valence-corrected chi connectivity index (χ2v) is 4.28. The molecule has 0 rings (SSSR count). The summed E-state index contributed by atoms with van der Waals surface area (Å²) in [5.41, 5.74) is 1.07.